The number of aromatic nitrogens is 3. The number of hydrogen-bond donors (Lipinski definition) is 3. The van der Waals surface area contributed by atoms with Crippen molar-refractivity contribution in [1.29, 1.82) is 0 Å². The molecule has 10 heteroatoms. The molecule has 3 amide bonds. The van der Waals surface area contributed by atoms with Gasteiger partial charge in [-0.05, 0) is 49.7 Å². The predicted octanol–water partition coefficient (Wildman–Crippen LogP) is 2.90. The van der Waals surface area contributed by atoms with Crippen molar-refractivity contribution >= 4 is 29.4 Å². The fourth-order valence-corrected chi connectivity index (χ4v) is 2.72. The molecule has 166 valence electrons. The van der Waals surface area contributed by atoms with Crippen LogP contribution in [0, 0.1) is 6.92 Å². The zero-order chi connectivity index (χ0) is 22.9. The maximum Gasteiger partial charge on any atom is 0.358 e. The fraction of sp³-hybridized carbons (Fsp3) is 0.227. The van der Waals surface area contributed by atoms with Gasteiger partial charge in [-0.1, -0.05) is 12.1 Å². The smallest absolute Gasteiger partial charge is 0.358 e. The fourth-order valence-electron chi connectivity index (χ4n) is 2.72. The zero-order valence-electron chi connectivity index (χ0n) is 17.8. The number of esters is 1. The highest BCUT2D eigenvalue weighted by Gasteiger charge is 2.11. The summed E-state index contributed by atoms with van der Waals surface area (Å²) in [6.07, 6.45) is 3.40. The second-order valence-electron chi connectivity index (χ2n) is 6.82. The number of carbonyl (C=O) groups is 3. The summed E-state index contributed by atoms with van der Waals surface area (Å²) in [6, 6.07) is 11.6. The van der Waals surface area contributed by atoms with Gasteiger partial charge in [-0.15, -0.1) is 0 Å². The highest BCUT2D eigenvalue weighted by molar-refractivity contribution is 5.92. The average molecular weight is 436 g/mol. The topological polar surface area (TPSA) is 127 Å². The van der Waals surface area contributed by atoms with E-state index < -0.39 is 12.0 Å². The molecule has 0 atom stereocenters. The van der Waals surface area contributed by atoms with Crippen LogP contribution in [0.15, 0.2) is 54.9 Å². The van der Waals surface area contributed by atoms with E-state index in [4.69, 9.17) is 4.74 Å². The highest BCUT2D eigenvalue weighted by atomic mass is 16.5. The minimum atomic E-state index is -0.498. The second-order valence-corrected chi connectivity index (χ2v) is 6.82. The third kappa shape index (κ3) is 6.39. The van der Waals surface area contributed by atoms with Crippen molar-refractivity contribution in [1.82, 2.24) is 20.1 Å². The van der Waals surface area contributed by atoms with Crippen molar-refractivity contribution in [3.8, 4) is 5.69 Å². The average Bonchev–Trinajstić information content (AvgIpc) is 3.26. The maximum absolute atomic E-state index is 12.2. The lowest BCUT2D eigenvalue weighted by atomic mass is 10.3. The first-order valence-corrected chi connectivity index (χ1v) is 10.0. The van der Waals surface area contributed by atoms with E-state index in [0.717, 1.165) is 5.56 Å². The molecule has 0 unspecified atom stereocenters. The van der Waals surface area contributed by atoms with Gasteiger partial charge >= 0.3 is 12.0 Å². The number of rotatable bonds is 8. The largest absolute Gasteiger partial charge is 0.461 e. The normalized spacial score (nSPS) is 10.3. The molecule has 0 aliphatic carbocycles. The van der Waals surface area contributed by atoms with Gasteiger partial charge in [0.1, 0.15) is 5.82 Å². The van der Waals surface area contributed by atoms with E-state index in [1.165, 1.54) is 4.68 Å². The molecular formula is C22H24N6O4. The van der Waals surface area contributed by atoms with Crippen LogP contribution in [0.4, 0.5) is 16.3 Å². The Labute approximate surface area is 185 Å². The molecule has 0 fully saturated rings. The summed E-state index contributed by atoms with van der Waals surface area (Å²) in [4.78, 5) is 40.0. The summed E-state index contributed by atoms with van der Waals surface area (Å²) >= 11 is 0. The first-order chi connectivity index (χ1) is 15.4. The van der Waals surface area contributed by atoms with Gasteiger partial charge in [-0.2, -0.15) is 5.10 Å². The van der Waals surface area contributed by atoms with Gasteiger partial charge in [-0.3, -0.25) is 4.79 Å². The summed E-state index contributed by atoms with van der Waals surface area (Å²) < 4.78 is 6.45. The van der Waals surface area contributed by atoms with Crippen LogP contribution in [0.25, 0.3) is 5.69 Å². The standard InChI is InChI=1S/C22H24N6O4/c1-3-32-21(30)18-10-12-28(27-18)17-6-4-5-16(13-17)25-22(31)23-11-9-20(29)26-19-8-7-15(2)14-24-19/h4-8,10,12-14H,3,9,11H2,1-2H3,(H2,23,25,31)(H,24,26,29). The van der Waals surface area contributed by atoms with Gasteiger partial charge < -0.3 is 20.7 Å². The van der Waals surface area contributed by atoms with Crippen molar-refractivity contribution < 1.29 is 19.1 Å². The van der Waals surface area contributed by atoms with Gasteiger partial charge in [0.25, 0.3) is 0 Å². The number of nitrogens with zero attached hydrogens (tertiary/aromatic N) is 3. The van der Waals surface area contributed by atoms with Gasteiger partial charge in [0.05, 0.1) is 12.3 Å². The molecule has 0 saturated carbocycles. The maximum atomic E-state index is 12.2. The van der Waals surface area contributed by atoms with Crippen molar-refractivity contribution in [3.05, 3.63) is 66.1 Å². The first kappa shape index (κ1) is 22.5. The number of hydrogen-bond acceptors (Lipinski definition) is 6. The van der Waals surface area contributed by atoms with Gasteiger partial charge in [-0.25, -0.2) is 19.3 Å². The van der Waals surface area contributed by atoms with Crippen LogP contribution in [-0.2, 0) is 9.53 Å². The van der Waals surface area contributed by atoms with E-state index >= 15 is 0 Å². The number of ether oxygens (including phenoxy) is 1. The first-order valence-electron chi connectivity index (χ1n) is 10.0. The Kier molecular flexibility index (Phi) is 7.52. The van der Waals surface area contributed by atoms with E-state index in [1.807, 2.05) is 13.0 Å². The summed E-state index contributed by atoms with van der Waals surface area (Å²) in [5.74, 6) is -0.284. The zero-order valence-corrected chi connectivity index (χ0v) is 17.8. The predicted molar refractivity (Wildman–Crippen MR) is 119 cm³/mol. The van der Waals surface area contributed by atoms with E-state index in [-0.39, 0.29) is 31.2 Å². The van der Waals surface area contributed by atoms with Crippen LogP contribution in [0.3, 0.4) is 0 Å². The van der Waals surface area contributed by atoms with E-state index in [1.54, 1.807) is 55.7 Å². The molecule has 0 spiro atoms. The number of benzene rings is 1. The Morgan fingerprint density at radius 3 is 2.69 bits per heavy atom. The molecule has 2 aromatic heterocycles. The highest BCUT2D eigenvalue weighted by Crippen LogP contribution is 2.15. The number of nitrogens with one attached hydrogen (secondary N) is 3. The summed E-state index contributed by atoms with van der Waals surface area (Å²) in [5, 5.41) is 12.2. The van der Waals surface area contributed by atoms with Gasteiger partial charge in [0.15, 0.2) is 5.69 Å². The Morgan fingerprint density at radius 2 is 1.94 bits per heavy atom. The van der Waals surface area contributed by atoms with Gasteiger partial charge in [0, 0.05) is 31.0 Å². The van der Waals surface area contributed by atoms with Gasteiger partial charge in [0.2, 0.25) is 5.91 Å². The number of urea groups is 1. The van der Waals surface area contributed by atoms with Crippen molar-refractivity contribution in [2.75, 3.05) is 23.8 Å². The van der Waals surface area contributed by atoms with Crippen molar-refractivity contribution in [3.63, 3.8) is 0 Å². The van der Waals surface area contributed by atoms with E-state index in [9.17, 15) is 14.4 Å². The molecule has 10 nitrogen and oxygen atoms in total. The molecule has 0 saturated heterocycles. The summed E-state index contributed by atoms with van der Waals surface area (Å²) in [6.45, 7) is 4.06. The lowest BCUT2D eigenvalue weighted by molar-refractivity contribution is -0.116. The lowest BCUT2D eigenvalue weighted by Gasteiger charge is -2.09. The minimum Gasteiger partial charge on any atom is -0.461 e. The molecule has 0 radical (unpaired) electrons. The Morgan fingerprint density at radius 1 is 1.09 bits per heavy atom. The van der Waals surface area contributed by atoms with Crippen LogP contribution in [0.5, 0.6) is 0 Å². The van der Waals surface area contributed by atoms with Crippen LogP contribution in [0.1, 0.15) is 29.4 Å². The molecule has 3 N–H and O–H groups in total. The van der Waals surface area contributed by atoms with Crippen molar-refractivity contribution in [2.24, 2.45) is 0 Å². The Hall–Kier alpha value is -4.21. The van der Waals surface area contributed by atoms with Crippen LogP contribution in [-0.4, -0.2) is 45.8 Å². The van der Waals surface area contributed by atoms with E-state index in [0.29, 0.717) is 17.2 Å². The number of pyridine rings is 1. The third-order valence-electron chi connectivity index (χ3n) is 4.26. The molecule has 3 rings (SSSR count). The molecule has 3 aromatic rings. The molecule has 0 aliphatic rings. The van der Waals surface area contributed by atoms with Crippen molar-refractivity contribution in [2.45, 2.75) is 20.3 Å². The van der Waals surface area contributed by atoms with Crippen LogP contribution < -0.4 is 16.0 Å². The number of carbonyl (C=O) groups excluding carboxylic acids is 3. The molecular weight excluding hydrogens is 412 g/mol. The molecule has 32 heavy (non-hydrogen) atoms. The second kappa shape index (κ2) is 10.7. The minimum absolute atomic E-state index is 0.104. The number of aryl methyl sites for hydroxylation is 1. The summed E-state index contributed by atoms with van der Waals surface area (Å²) in [5.41, 5.74) is 2.38. The molecule has 0 bridgehead atoms. The monoisotopic (exact) mass is 436 g/mol. The Bertz CT molecular complexity index is 1090. The number of anilines is 2. The third-order valence-corrected chi connectivity index (χ3v) is 4.26. The Balaban J connectivity index is 1.48. The SMILES string of the molecule is CCOC(=O)c1ccn(-c2cccc(NC(=O)NCCC(=O)Nc3ccc(C)cn3)c2)n1. The number of amides is 3. The summed E-state index contributed by atoms with van der Waals surface area (Å²) in [7, 11) is 0. The lowest BCUT2D eigenvalue weighted by Crippen LogP contribution is -2.31. The van der Waals surface area contributed by atoms with Crippen LogP contribution >= 0.6 is 0 Å². The quantitative estimate of drug-likeness (QED) is 0.466. The molecule has 2 heterocycles. The molecule has 1 aromatic carbocycles. The van der Waals surface area contributed by atoms with E-state index in [2.05, 4.69) is 26.0 Å². The van der Waals surface area contributed by atoms with Crippen LogP contribution in [0.2, 0.25) is 0 Å². The molecule has 0 aliphatic heterocycles.